The van der Waals surface area contributed by atoms with E-state index in [-0.39, 0.29) is 5.91 Å². The monoisotopic (exact) mass is 259 g/mol. The van der Waals surface area contributed by atoms with E-state index in [0.29, 0.717) is 24.0 Å². The molecule has 3 heterocycles. The van der Waals surface area contributed by atoms with Gasteiger partial charge in [-0.3, -0.25) is 4.79 Å². The average Bonchev–Trinajstić information content (AvgIpc) is 3.05. The van der Waals surface area contributed by atoms with Crippen LogP contribution in [0.5, 0.6) is 0 Å². The summed E-state index contributed by atoms with van der Waals surface area (Å²) in [5.41, 5.74) is 1.15. The van der Waals surface area contributed by atoms with E-state index in [1.165, 1.54) is 11.1 Å². The van der Waals surface area contributed by atoms with Gasteiger partial charge in [0.05, 0.1) is 17.3 Å². The summed E-state index contributed by atoms with van der Waals surface area (Å²) in [6.07, 6.45) is 4.49. The van der Waals surface area contributed by atoms with Gasteiger partial charge in [0, 0.05) is 12.7 Å². The van der Waals surface area contributed by atoms with E-state index in [1.807, 2.05) is 12.1 Å². The number of amides is 1. The zero-order valence-electron chi connectivity index (χ0n) is 10.2. The van der Waals surface area contributed by atoms with E-state index in [1.54, 1.807) is 16.8 Å². The molecule has 6 heteroatoms. The summed E-state index contributed by atoms with van der Waals surface area (Å²) in [6.45, 7) is 0.486. The molecule has 6 nitrogen and oxygen atoms in total. The van der Waals surface area contributed by atoms with Gasteiger partial charge in [-0.1, -0.05) is 6.07 Å². The van der Waals surface area contributed by atoms with Crippen LogP contribution >= 0.6 is 0 Å². The molecule has 1 amide bonds. The fourth-order valence-electron chi connectivity index (χ4n) is 2.52. The SMILES string of the molecule is O=C(O)[C@@H]1CCCN1C(=O)c1cnn2ccccc12. The lowest BCUT2D eigenvalue weighted by Gasteiger charge is -2.20. The molecule has 3 rings (SSSR count). The number of carbonyl (C=O) groups excluding carboxylic acids is 1. The van der Waals surface area contributed by atoms with Crippen LogP contribution in [-0.4, -0.2) is 44.1 Å². The third kappa shape index (κ3) is 1.85. The van der Waals surface area contributed by atoms with Crippen molar-refractivity contribution in [2.45, 2.75) is 18.9 Å². The molecule has 1 fully saturated rings. The van der Waals surface area contributed by atoms with Crippen molar-refractivity contribution in [2.75, 3.05) is 6.54 Å². The summed E-state index contributed by atoms with van der Waals surface area (Å²) < 4.78 is 1.61. The van der Waals surface area contributed by atoms with Crippen LogP contribution < -0.4 is 0 Å². The molecule has 1 saturated heterocycles. The minimum absolute atomic E-state index is 0.258. The Bertz CT molecular complexity index is 649. The quantitative estimate of drug-likeness (QED) is 0.873. The molecule has 1 atom stereocenters. The van der Waals surface area contributed by atoms with E-state index < -0.39 is 12.0 Å². The number of pyridine rings is 1. The summed E-state index contributed by atoms with van der Waals surface area (Å²) in [6, 6.07) is 4.73. The molecule has 0 aromatic carbocycles. The number of carboxylic acid groups (broad SMARTS) is 1. The Morgan fingerprint density at radius 3 is 3.00 bits per heavy atom. The first kappa shape index (κ1) is 11.7. The highest BCUT2D eigenvalue weighted by Crippen LogP contribution is 2.22. The minimum atomic E-state index is -0.942. The number of aliphatic carboxylic acids is 1. The van der Waals surface area contributed by atoms with E-state index in [4.69, 9.17) is 5.11 Å². The van der Waals surface area contributed by atoms with Gasteiger partial charge in [-0.2, -0.15) is 5.10 Å². The number of fused-ring (bicyclic) bond motifs is 1. The predicted molar refractivity (Wildman–Crippen MR) is 66.9 cm³/mol. The molecule has 0 aliphatic carbocycles. The zero-order chi connectivity index (χ0) is 13.4. The number of aromatic nitrogens is 2. The zero-order valence-corrected chi connectivity index (χ0v) is 10.2. The van der Waals surface area contributed by atoms with Crippen molar-refractivity contribution in [3.8, 4) is 0 Å². The molecule has 2 aromatic rings. The number of likely N-dealkylation sites (tertiary alicyclic amines) is 1. The second-order valence-corrected chi connectivity index (χ2v) is 4.58. The van der Waals surface area contributed by atoms with Crippen molar-refractivity contribution in [2.24, 2.45) is 0 Å². The molecule has 98 valence electrons. The Morgan fingerprint density at radius 2 is 2.21 bits per heavy atom. The van der Waals surface area contributed by atoms with Crippen LogP contribution in [0.15, 0.2) is 30.6 Å². The van der Waals surface area contributed by atoms with Gasteiger partial charge in [0.25, 0.3) is 5.91 Å². The molecule has 0 bridgehead atoms. The van der Waals surface area contributed by atoms with Crippen molar-refractivity contribution in [3.63, 3.8) is 0 Å². The number of carboxylic acids is 1. The fourth-order valence-corrected chi connectivity index (χ4v) is 2.52. The van der Waals surface area contributed by atoms with Gasteiger partial charge < -0.3 is 10.0 Å². The highest BCUT2D eigenvalue weighted by atomic mass is 16.4. The first-order valence-corrected chi connectivity index (χ1v) is 6.14. The summed E-state index contributed by atoms with van der Waals surface area (Å²) in [7, 11) is 0. The second kappa shape index (κ2) is 4.38. The molecule has 0 saturated carbocycles. The molecule has 0 unspecified atom stereocenters. The van der Waals surface area contributed by atoms with Crippen molar-refractivity contribution >= 4 is 17.4 Å². The average molecular weight is 259 g/mol. The predicted octanol–water partition coefficient (Wildman–Crippen LogP) is 1.02. The topological polar surface area (TPSA) is 74.9 Å². The number of hydrogen-bond donors (Lipinski definition) is 1. The fraction of sp³-hybridized carbons (Fsp3) is 0.308. The molecule has 0 radical (unpaired) electrons. The number of rotatable bonds is 2. The molecular weight excluding hydrogens is 246 g/mol. The normalized spacial score (nSPS) is 18.9. The minimum Gasteiger partial charge on any atom is -0.480 e. The molecule has 0 spiro atoms. The van der Waals surface area contributed by atoms with Crippen molar-refractivity contribution in [1.82, 2.24) is 14.5 Å². The van der Waals surface area contributed by atoms with Gasteiger partial charge in [-0.25, -0.2) is 9.31 Å². The van der Waals surface area contributed by atoms with Crippen LogP contribution in [-0.2, 0) is 4.79 Å². The Labute approximate surface area is 109 Å². The standard InChI is InChI=1S/C13H13N3O3/c17-12(15-6-3-5-11(15)13(18)19)9-8-14-16-7-2-1-4-10(9)16/h1-2,4,7-8,11H,3,5-6H2,(H,18,19)/t11-/m0/s1. The summed E-state index contributed by atoms with van der Waals surface area (Å²) in [4.78, 5) is 25.0. The number of carbonyl (C=O) groups is 2. The first-order valence-electron chi connectivity index (χ1n) is 6.14. The third-order valence-corrected chi connectivity index (χ3v) is 3.46. The molecule has 19 heavy (non-hydrogen) atoms. The van der Waals surface area contributed by atoms with Gasteiger partial charge in [0.15, 0.2) is 0 Å². The maximum absolute atomic E-state index is 12.4. The van der Waals surface area contributed by atoms with E-state index in [9.17, 15) is 9.59 Å². The highest BCUT2D eigenvalue weighted by molar-refractivity contribution is 6.02. The van der Waals surface area contributed by atoms with Crippen molar-refractivity contribution in [1.29, 1.82) is 0 Å². The highest BCUT2D eigenvalue weighted by Gasteiger charge is 2.35. The van der Waals surface area contributed by atoms with Crippen molar-refractivity contribution in [3.05, 3.63) is 36.2 Å². The van der Waals surface area contributed by atoms with Crippen LogP contribution in [0.2, 0.25) is 0 Å². The number of nitrogens with zero attached hydrogens (tertiary/aromatic N) is 3. The first-order chi connectivity index (χ1) is 9.18. The van der Waals surface area contributed by atoms with E-state index in [2.05, 4.69) is 5.10 Å². The second-order valence-electron chi connectivity index (χ2n) is 4.58. The maximum Gasteiger partial charge on any atom is 0.326 e. The summed E-state index contributed by atoms with van der Waals surface area (Å²) in [5.74, 6) is -1.20. The summed E-state index contributed by atoms with van der Waals surface area (Å²) in [5, 5.41) is 13.2. The Hall–Kier alpha value is -2.37. The lowest BCUT2D eigenvalue weighted by atomic mass is 10.2. The molecule has 1 aliphatic heterocycles. The van der Waals surface area contributed by atoms with Gasteiger partial charge in [0.1, 0.15) is 6.04 Å². The van der Waals surface area contributed by atoms with E-state index >= 15 is 0 Å². The number of hydrogen-bond acceptors (Lipinski definition) is 3. The lowest BCUT2D eigenvalue weighted by Crippen LogP contribution is -2.40. The largest absolute Gasteiger partial charge is 0.480 e. The van der Waals surface area contributed by atoms with Gasteiger partial charge in [-0.15, -0.1) is 0 Å². The molecule has 1 aliphatic rings. The third-order valence-electron chi connectivity index (χ3n) is 3.46. The molecule has 1 N–H and O–H groups in total. The van der Waals surface area contributed by atoms with Gasteiger partial charge in [0.2, 0.25) is 0 Å². The maximum atomic E-state index is 12.4. The molecule has 2 aromatic heterocycles. The van der Waals surface area contributed by atoms with Crippen molar-refractivity contribution < 1.29 is 14.7 Å². The smallest absolute Gasteiger partial charge is 0.326 e. The Kier molecular flexibility index (Phi) is 2.70. The van der Waals surface area contributed by atoms with E-state index in [0.717, 1.165) is 6.42 Å². The molecular formula is C13H13N3O3. The van der Waals surface area contributed by atoms with Crippen LogP contribution in [0.1, 0.15) is 23.2 Å². The van der Waals surface area contributed by atoms with Gasteiger partial charge in [-0.05, 0) is 25.0 Å². The lowest BCUT2D eigenvalue weighted by molar-refractivity contribution is -0.141. The van der Waals surface area contributed by atoms with Crippen LogP contribution in [0, 0.1) is 0 Å². The van der Waals surface area contributed by atoms with Crippen LogP contribution in [0.3, 0.4) is 0 Å². The van der Waals surface area contributed by atoms with Crippen LogP contribution in [0.25, 0.3) is 5.52 Å². The summed E-state index contributed by atoms with van der Waals surface area (Å²) >= 11 is 0. The van der Waals surface area contributed by atoms with Gasteiger partial charge >= 0.3 is 5.97 Å². The Balaban J connectivity index is 1.98. The Morgan fingerprint density at radius 1 is 1.37 bits per heavy atom. The van der Waals surface area contributed by atoms with Crippen LogP contribution in [0.4, 0.5) is 0 Å².